The molecule has 1 aromatic carbocycles. The molecular weight excluding hydrogens is 415 g/mol. The number of benzene rings is 1. The third-order valence-corrected chi connectivity index (χ3v) is 6.09. The fraction of sp³-hybridized carbons (Fsp3) is 0.333. The SMILES string of the molecule is O=C(Cn1cnc(S(=O)(=O)N2CCCC2)c1)Nc1ccc(Br)cc1F. The number of carbonyl (C=O) groups excluding carboxylic acids is 1. The number of sulfonamides is 1. The Morgan fingerprint density at radius 1 is 1.32 bits per heavy atom. The van der Waals surface area contributed by atoms with E-state index in [0.29, 0.717) is 17.6 Å². The second-order valence-corrected chi connectivity index (χ2v) is 8.47. The molecule has 25 heavy (non-hydrogen) atoms. The quantitative estimate of drug-likeness (QED) is 0.787. The maximum Gasteiger partial charge on any atom is 0.262 e. The molecule has 3 rings (SSSR count). The molecule has 1 amide bonds. The Bertz CT molecular complexity index is 894. The summed E-state index contributed by atoms with van der Waals surface area (Å²) in [5.74, 6) is -1.05. The number of halogens is 2. The first kappa shape index (κ1) is 18.0. The van der Waals surface area contributed by atoms with Gasteiger partial charge in [0.25, 0.3) is 10.0 Å². The van der Waals surface area contributed by atoms with E-state index in [0.717, 1.165) is 12.8 Å². The molecule has 2 aromatic rings. The molecule has 1 fully saturated rings. The second-order valence-electron chi connectivity index (χ2n) is 5.67. The van der Waals surface area contributed by atoms with Gasteiger partial charge in [0.1, 0.15) is 12.4 Å². The first-order valence-electron chi connectivity index (χ1n) is 7.63. The fourth-order valence-electron chi connectivity index (χ4n) is 2.57. The van der Waals surface area contributed by atoms with Crippen LogP contribution in [-0.4, -0.2) is 41.3 Å². The van der Waals surface area contributed by atoms with Gasteiger partial charge in [0.15, 0.2) is 5.03 Å². The lowest BCUT2D eigenvalue weighted by Crippen LogP contribution is -2.28. The van der Waals surface area contributed by atoms with Crippen LogP contribution in [0, 0.1) is 5.82 Å². The Labute approximate surface area is 153 Å². The van der Waals surface area contributed by atoms with E-state index in [4.69, 9.17) is 0 Å². The largest absolute Gasteiger partial charge is 0.327 e. The van der Waals surface area contributed by atoms with E-state index in [-0.39, 0.29) is 17.3 Å². The Kier molecular flexibility index (Phi) is 5.21. The molecule has 1 aliphatic rings. The number of anilines is 1. The molecule has 0 spiro atoms. The predicted molar refractivity (Wildman–Crippen MR) is 92.9 cm³/mol. The topological polar surface area (TPSA) is 84.3 Å². The van der Waals surface area contributed by atoms with E-state index in [9.17, 15) is 17.6 Å². The summed E-state index contributed by atoms with van der Waals surface area (Å²) in [6.07, 6.45) is 4.26. The van der Waals surface area contributed by atoms with Gasteiger partial charge in [-0.3, -0.25) is 4.79 Å². The molecule has 0 bridgehead atoms. The summed E-state index contributed by atoms with van der Waals surface area (Å²) in [6.45, 7) is 0.801. The Morgan fingerprint density at radius 3 is 2.72 bits per heavy atom. The average molecular weight is 431 g/mol. The van der Waals surface area contributed by atoms with Crippen molar-refractivity contribution in [3.05, 3.63) is 41.0 Å². The molecule has 10 heteroatoms. The van der Waals surface area contributed by atoms with Crippen molar-refractivity contribution in [2.75, 3.05) is 18.4 Å². The van der Waals surface area contributed by atoms with E-state index in [1.807, 2.05) is 0 Å². The zero-order valence-corrected chi connectivity index (χ0v) is 15.6. The van der Waals surface area contributed by atoms with Crippen LogP contribution in [0.3, 0.4) is 0 Å². The molecule has 0 aliphatic carbocycles. The normalized spacial score (nSPS) is 15.4. The number of hydrogen-bond donors (Lipinski definition) is 1. The van der Waals surface area contributed by atoms with Gasteiger partial charge >= 0.3 is 0 Å². The van der Waals surface area contributed by atoms with Gasteiger partial charge in [-0.05, 0) is 31.0 Å². The number of nitrogens with one attached hydrogen (secondary N) is 1. The van der Waals surface area contributed by atoms with Gasteiger partial charge < -0.3 is 9.88 Å². The third kappa shape index (κ3) is 4.07. The van der Waals surface area contributed by atoms with Crippen molar-refractivity contribution in [2.45, 2.75) is 24.4 Å². The van der Waals surface area contributed by atoms with Crippen LogP contribution in [0.2, 0.25) is 0 Å². The minimum atomic E-state index is -3.62. The lowest BCUT2D eigenvalue weighted by molar-refractivity contribution is -0.116. The molecule has 1 aliphatic heterocycles. The van der Waals surface area contributed by atoms with Gasteiger partial charge in [0.2, 0.25) is 5.91 Å². The van der Waals surface area contributed by atoms with Crippen LogP contribution in [-0.2, 0) is 21.4 Å². The Morgan fingerprint density at radius 2 is 2.04 bits per heavy atom. The number of nitrogens with zero attached hydrogens (tertiary/aromatic N) is 3. The van der Waals surface area contributed by atoms with Crippen molar-refractivity contribution in [3.63, 3.8) is 0 Å². The van der Waals surface area contributed by atoms with E-state index < -0.39 is 21.7 Å². The molecule has 134 valence electrons. The molecule has 1 aromatic heterocycles. The lowest BCUT2D eigenvalue weighted by Gasteiger charge is -2.12. The zero-order chi connectivity index (χ0) is 18.0. The number of imidazole rings is 1. The smallest absolute Gasteiger partial charge is 0.262 e. The minimum Gasteiger partial charge on any atom is -0.327 e. The number of hydrogen-bond acceptors (Lipinski definition) is 4. The van der Waals surface area contributed by atoms with Gasteiger partial charge in [-0.15, -0.1) is 0 Å². The minimum absolute atomic E-state index is 0.0539. The van der Waals surface area contributed by atoms with E-state index in [2.05, 4.69) is 26.2 Å². The van der Waals surface area contributed by atoms with Gasteiger partial charge in [-0.1, -0.05) is 15.9 Å². The van der Waals surface area contributed by atoms with Crippen LogP contribution in [0.4, 0.5) is 10.1 Å². The highest BCUT2D eigenvalue weighted by atomic mass is 79.9. The maximum absolute atomic E-state index is 13.7. The molecule has 0 saturated carbocycles. The molecule has 7 nitrogen and oxygen atoms in total. The van der Waals surface area contributed by atoms with Crippen molar-refractivity contribution in [2.24, 2.45) is 0 Å². The standard InChI is InChI=1S/C15H16BrFN4O3S/c16-11-3-4-13(12(17)7-11)19-14(22)8-20-9-15(18-10-20)25(23,24)21-5-1-2-6-21/h3-4,7,9-10H,1-2,5-6,8H2,(H,19,22). The molecule has 0 atom stereocenters. The predicted octanol–water partition coefficient (Wildman–Crippen LogP) is 2.21. The molecule has 0 radical (unpaired) electrons. The van der Waals surface area contributed by atoms with Crippen LogP contribution < -0.4 is 5.32 Å². The van der Waals surface area contributed by atoms with E-state index in [1.54, 1.807) is 6.07 Å². The van der Waals surface area contributed by atoms with Gasteiger partial charge in [0, 0.05) is 23.8 Å². The highest BCUT2D eigenvalue weighted by Gasteiger charge is 2.29. The molecule has 2 heterocycles. The zero-order valence-electron chi connectivity index (χ0n) is 13.2. The average Bonchev–Trinajstić information content (AvgIpc) is 3.22. The van der Waals surface area contributed by atoms with Crippen LogP contribution in [0.15, 0.2) is 40.2 Å². The third-order valence-electron chi connectivity index (χ3n) is 3.81. The van der Waals surface area contributed by atoms with Crippen LogP contribution >= 0.6 is 15.9 Å². The van der Waals surface area contributed by atoms with Crippen molar-refractivity contribution in [3.8, 4) is 0 Å². The lowest BCUT2D eigenvalue weighted by atomic mass is 10.3. The molecule has 1 saturated heterocycles. The summed E-state index contributed by atoms with van der Waals surface area (Å²) in [7, 11) is -3.62. The first-order valence-corrected chi connectivity index (χ1v) is 9.86. The van der Waals surface area contributed by atoms with Crippen molar-refractivity contribution >= 4 is 37.5 Å². The van der Waals surface area contributed by atoms with E-state index in [1.165, 1.54) is 33.5 Å². The summed E-state index contributed by atoms with van der Waals surface area (Å²) in [6, 6.07) is 4.29. The molecule has 0 unspecified atom stereocenters. The second kappa shape index (κ2) is 7.22. The number of aromatic nitrogens is 2. The molecule has 1 N–H and O–H groups in total. The number of rotatable bonds is 5. The Balaban J connectivity index is 1.67. The summed E-state index contributed by atoms with van der Waals surface area (Å²) < 4.78 is 41.8. The first-order chi connectivity index (χ1) is 11.9. The van der Waals surface area contributed by atoms with Gasteiger partial charge in [0.05, 0.1) is 12.0 Å². The van der Waals surface area contributed by atoms with Crippen molar-refractivity contribution in [1.29, 1.82) is 0 Å². The fourth-order valence-corrected chi connectivity index (χ4v) is 4.35. The Hall–Kier alpha value is -1.78. The highest BCUT2D eigenvalue weighted by Crippen LogP contribution is 2.20. The van der Waals surface area contributed by atoms with Crippen molar-refractivity contribution in [1.82, 2.24) is 13.9 Å². The summed E-state index contributed by atoms with van der Waals surface area (Å²) in [5, 5.41) is 2.36. The van der Waals surface area contributed by atoms with Gasteiger partial charge in [-0.2, -0.15) is 4.31 Å². The number of amides is 1. The summed E-state index contributed by atoms with van der Waals surface area (Å²) in [5.41, 5.74) is 0.0539. The van der Waals surface area contributed by atoms with Crippen molar-refractivity contribution < 1.29 is 17.6 Å². The molecular formula is C15H16BrFN4O3S. The number of carbonyl (C=O) groups is 1. The van der Waals surface area contributed by atoms with Crippen LogP contribution in [0.1, 0.15) is 12.8 Å². The monoisotopic (exact) mass is 430 g/mol. The maximum atomic E-state index is 13.7. The summed E-state index contributed by atoms with van der Waals surface area (Å²) >= 11 is 3.14. The van der Waals surface area contributed by atoms with Crippen LogP contribution in [0.5, 0.6) is 0 Å². The van der Waals surface area contributed by atoms with E-state index >= 15 is 0 Å². The summed E-state index contributed by atoms with van der Waals surface area (Å²) in [4.78, 5) is 15.9. The van der Waals surface area contributed by atoms with Gasteiger partial charge in [-0.25, -0.2) is 17.8 Å². The van der Waals surface area contributed by atoms with Crippen LogP contribution in [0.25, 0.3) is 0 Å². The highest BCUT2D eigenvalue weighted by molar-refractivity contribution is 9.10.